The van der Waals surface area contributed by atoms with Crippen molar-refractivity contribution in [1.82, 2.24) is 10.2 Å². The Balaban J connectivity index is 1.56. The Morgan fingerprint density at radius 1 is 0.872 bits per heavy atom. The SMILES string of the molecule is COc1ccc(CSCC(=O)N(Cc2cccc(OC)c2)C(Cc2ccccc2)C(=O)NC2CCCC2)cc1. The van der Waals surface area contributed by atoms with E-state index in [1.54, 1.807) is 30.9 Å². The van der Waals surface area contributed by atoms with E-state index in [1.807, 2.05) is 78.9 Å². The van der Waals surface area contributed by atoms with Crippen LogP contribution in [0.15, 0.2) is 78.9 Å². The van der Waals surface area contributed by atoms with Crippen molar-refractivity contribution < 1.29 is 19.1 Å². The van der Waals surface area contributed by atoms with E-state index in [2.05, 4.69) is 5.32 Å². The molecule has 1 atom stereocenters. The maximum atomic E-state index is 13.8. The second-order valence-electron chi connectivity index (χ2n) is 9.91. The Morgan fingerprint density at radius 2 is 1.56 bits per heavy atom. The van der Waals surface area contributed by atoms with Crippen LogP contribution in [0, 0.1) is 0 Å². The molecule has 1 N–H and O–H groups in total. The van der Waals surface area contributed by atoms with E-state index in [0.717, 1.165) is 53.9 Å². The lowest BCUT2D eigenvalue weighted by atomic mass is 10.0. The number of carbonyl (C=O) groups excluding carboxylic acids is 2. The number of carbonyl (C=O) groups is 2. The third-order valence-corrected chi connectivity index (χ3v) is 8.10. The minimum atomic E-state index is -0.617. The van der Waals surface area contributed by atoms with E-state index in [4.69, 9.17) is 9.47 Å². The number of hydrogen-bond acceptors (Lipinski definition) is 5. The summed E-state index contributed by atoms with van der Waals surface area (Å²) in [5, 5.41) is 3.26. The molecule has 0 radical (unpaired) electrons. The molecule has 1 aliphatic carbocycles. The fourth-order valence-corrected chi connectivity index (χ4v) is 5.82. The molecule has 4 rings (SSSR count). The number of nitrogens with one attached hydrogen (secondary N) is 1. The number of rotatable bonds is 13. The van der Waals surface area contributed by atoms with Crippen molar-refractivity contribution in [3.8, 4) is 11.5 Å². The van der Waals surface area contributed by atoms with Crippen LogP contribution in [0.25, 0.3) is 0 Å². The number of thioether (sulfide) groups is 1. The Hall–Kier alpha value is -3.45. The van der Waals surface area contributed by atoms with Crippen molar-refractivity contribution in [2.45, 2.75) is 56.5 Å². The molecule has 6 nitrogen and oxygen atoms in total. The predicted octanol–water partition coefficient (Wildman–Crippen LogP) is 5.64. The van der Waals surface area contributed by atoms with E-state index in [1.165, 1.54) is 0 Å². The summed E-state index contributed by atoms with van der Waals surface area (Å²) in [5.74, 6) is 2.37. The Bertz CT molecular complexity index is 1200. The summed E-state index contributed by atoms with van der Waals surface area (Å²) in [4.78, 5) is 29.4. The zero-order chi connectivity index (χ0) is 27.5. The maximum Gasteiger partial charge on any atom is 0.243 e. The van der Waals surface area contributed by atoms with Gasteiger partial charge in [-0.25, -0.2) is 0 Å². The summed E-state index contributed by atoms with van der Waals surface area (Å²) in [6.07, 6.45) is 4.69. The van der Waals surface area contributed by atoms with Gasteiger partial charge in [-0.2, -0.15) is 0 Å². The van der Waals surface area contributed by atoms with Crippen LogP contribution in [0.2, 0.25) is 0 Å². The average Bonchev–Trinajstić information content (AvgIpc) is 3.49. The predicted molar refractivity (Wildman–Crippen MR) is 157 cm³/mol. The molecule has 1 unspecified atom stereocenters. The highest BCUT2D eigenvalue weighted by Gasteiger charge is 2.32. The quantitative estimate of drug-likeness (QED) is 0.301. The zero-order valence-corrected chi connectivity index (χ0v) is 23.6. The molecule has 1 fully saturated rings. The maximum absolute atomic E-state index is 13.8. The van der Waals surface area contributed by atoms with E-state index in [-0.39, 0.29) is 23.6 Å². The Labute approximate surface area is 236 Å². The molecule has 0 bridgehead atoms. The molecule has 7 heteroatoms. The fourth-order valence-electron chi connectivity index (χ4n) is 4.95. The summed E-state index contributed by atoms with van der Waals surface area (Å²) in [6.45, 7) is 0.328. The normalized spacial score (nSPS) is 14.0. The smallest absolute Gasteiger partial charge is 0.243 e. The van der Waals surface area contributed by atoms with Gasteiger partial charge in [-0.1, -0.05) is 67.4 Å². The standard InChI is InChI=1S/C32H38N2O4S/c1-37-28-17-15-25(16-18-28)22-39-23-31(35)34(21-26-11-8-14-29(19-26)38-2)30(20-24-9-4-3-5-10-24)32(36)33-27-12-6-7-13-27/h3-5,8-11,14-19,27,30H,6-7,12-13,20-23H2,1-2H3,(H,33,36). The topological polar surface area (TPSA) is 67.9 Å². The Morgan fingerprint density at radius 3 is 2.26 bits per heavy atom. The van der Waals surface area contributed by atoms with Gasteiger partial charge in [-0.05, 0) is 53.8 Å². The van der Waals surface area contributed by atoms with Crippen molar-refractivity contribution in [2.24, 2.45) is 0 Å². The molecule has 3 aromatic rings. The van der Waals surface area contributed by atoms with E-state index in [0.29, 0.717) is 18.7 Å². The first-order chi connectivity index (χ1) is 19.1. The van der Waals surface area contributed by atoms with Gasteiger partial charge in [0.25, 0.3) is 0 Å². The molecule has 0 spiro atoms. The largest absolute Gasteiger partial charge is 0.497 e. The molecule has 206 valence electrons. The van der Waals surface area contributed by atoms with Gasteiger partial charge >= 0.3 is 0 Å². The number of nitrogens with zero attached hydrogens (tertiary/aromatic N) is 1. The van der Waals surface area contributed by atoms with Crippen LogP contribution in [-0.4, -0.2) is 48.8 Å². The number of hydrogen-bond donors (Lipinski definition) is 1. The zero-order valence-electron chi connectivity index (χ0n) is 22.8. The molecule has 0 aliphatic heterocycles. The fraction of sp³-hybridized carbons (Fsp3) is 0.375. The summed E-state index contributed by atoms with van der Waals surface area (Å²) in [7, 11) is 3.28. The van der Waals surface area contributed by atoms with Crippen LogP contribution < -0.4 is 14.8 Å². The minimum Gasteiger partial charge on any atom is -0.497 e. The van der Waals surface area contributed by atoms with Crippen LogP contribution in [0.5, 0.6) is 11.5 Å². The van der Waals surface area contributed by atoms with Gasteiger partial charge in [0.05, 0.1) is 20.0 Å². The first-order valence-electron chi connectivity index (χ1n) is 13.5. The first kappa shape index (κ1) is 28.6. The summed E-state index contributed by atoms with van der Waals surface area (Å²) < 4.78 is 10.7. The molecule has 0 aromatic heterocycles. The molecule has 0 saturated heterocycles. The van der Waals surface area contributed by atoms with E-state index < -0.39 is 6.04 Å². The van der Waals surface area contributed by atoms with Crippen molar-refractivity contribution in [2.75, 3.05) is 20.0 Å². The second-order valence-corrected chi connectivity index (χ2v) is 10.9. The van der Waals surface area contributed by atoms with Crippen LogP contribution >= 0.6 is 11.8 Å². The minimum absolute atomic E-state index is 0.0566. The van der Waals surface area contributed by atoms with Gasteiger partial charge < -0.3 is 19.7 Å². The summed E-state index contributed by atoms with van der Waals surface area (Å²) in [5.41, 5.74) is 3.07. The summed E-state index contributed by atoms with van der Waals surface area (Å²) in [6, 6.07) is 25.1. The molecule has 0 heterocycles. The van der Waals surface area contributed by atoms with Gasteiger partial charge in [-0.3, -0.25) is 9.59 Å². The Kier molecular flexibility index (Phi) is 10.7. The van der Waals surface area contributed by atoms with Gasteiger partial charge in [0.1, 0.15) is 17.5 Å². The van der Waals surface area contributed by atoms with E-state index >= 15 is 0 Å². The van der Waals surface area contributed by atoms with Crippen LogP contribution in [0.3, 0.4) is 0 Å². The van der Waals surface area contributed by atoms with Crippen molar-refractivity contribution in [3.05, 3.63) is 95.6 Å². The highest BCUT2D eigenvalue weighted by molar-refractivity contribution is 7.99. The van der Waals surface area contributed by atoms with Crippen molar-refractivity contribution >= 4 is 23.6 Å². The first-order valence-corrected chi connectivity index (χ1v) is 14.7. The third kappa shape index (κ3) is 8.52. The molecular weight excluding hydrogens is 508 g/mol. The van der Waals surface area contributed by atoms with Crippen LogP contribution in [-0.2, 0) is 28.3 Å². The lowest BCUT2D eigenvalue weighted by Crippen LogP contribution is -2.52. The molecule has 1 aliphatic rings. The van der Waals surface area contributed by atoms with Crippen LogP contribution in [0.1, 0.15) is 42.4 Å². The van der Waals surface area contributed by atoms with Gasteiger partial charge in [0.15, 0.2) is 0 Å². The number of benzene rings is 3. The molecule has 3 aromatic carbocycles. The lowest BCUT2D eigenvalue weighted by molar-refractivity contribution is -0.139. The average molecular weight is 547 g/mol. The van der Waals surface area contributed by atoms with Gasteiger partial charge in [-0.15, -0.1) is 11.8 Å². The third-order valence-electron chi connectivity index (χ3n) is 7.11. The monoisotopic (exact) mass is 546 g/mol. The van der Waals surface area contributed by atoms with Gasteiger partial charge in [0, 0.05) is 24.8 Å². The second kappa shape index (κ2) is 14.6. The highest BCUT2D eigenvalue weighted by atomic mass is 32.2. The number of amides is 2. The van der Waals surface area contributed by atoms with Crippen LogP contribution in [0.4, 0.5) is 0 Å². The molecular formula is C32H38N2O4S. The number of methoxy groups -OCH3 is 2. The molecule has 2 amide bonds. The van der Waals surface area contributed by atoms with Gasteiger partial charge in [0.2, 0.25) is 11.8 Å². The summed E-state index contributed by atoms with van der Waals surface area (Å²) >= 11 is 1.55. The molecule has 1 saturated carbocycles. The lowest BCUT2D eigenvalue weighted by Gasteiger charge is -2.32. The van der Waals surface area contributed by atoms with Crippen molar-refractivity contribution in [1.29, 1.82) is 0 Å². The highest BCUT2D eigenvalue weighted by Crippen LogP contribution is 2.23. The van der Waals surface area contributed by atoms with E-state index in [9.17, 15) is 9.59 Å². The molecule has 39 heavy (non-hydrogen) atoms. The number of ether oxygens (including phenoxy) is 2. The van der Waals surface area contributed by atoms with Crippen molar-refractivity contribution in [3.63, 3.8) is 0 Å².